The van der Waals surface area contributed by atoms with Crippen LogP contribution in [-0.4, -0.2) is 39.8 Å². The van der Waals surface area contributed by atoms with Crippen molar-refractivity contribution in [1.29, 1.82) is 0 Å². The Kier molecular flexibility index (Phi) is 2.26. The first kappa shape index (κ1) is 10.2. The lowest BCUT2D eigenvalue weighted by molar-refractivity contribution is -0.111. The fourth-order valence-electron chi connectivity index (χ4n) is 1.61. The molecular weight excluding hydrogens is 196 g/mol. The number of hydrogen-bond acceptors (Lipinski definition) is 4. The number of nitrogens with zero attached hydrogens (tertiary/aromatic N) is 2. The number of amides is 1. The van der Waals surface area contributed by atoms with Crippen LogP contribution in [0.25, 0.3) is 0 Å². The average Bonchev–Trinajstić information content (AvgIpc) is 2.64. The van der Waals surface area contributed by atoms with E-state index in [1.807, 2.05) is 13.8 Å². The molecule has 0 aromatic carbocycles. The second-order valence-corrected chi connectivity index (χ2v) is 4.30. The third-order valence-corrected chi connectivity index (χ3v) is 2.94. The van der Waals surface area contributed by atoms with E-state index in [-0.39, 0.29) is 17.6 Å². The maximum absolute atomic E-state index is 11.7. The molecule has 0 atom stereocenters. The molecule has 82 valence electrons. The van der Waals surface area contributed by atoms with Crippen molar-refractivity contribution in [2.24, 2.45) is 5.92 Å². The Bertz CT molecular complexity index is 353. The van der Waals surface area contributed by atoms with Gasteiger partial charge in [0.2, 0.25) is 5.76 Å². The van der Waals surface area contributed by atoms with Gasteiger partial charge in [-0.15, -0.1) is 0 Å². The lowest BCUT2D eigenvalue weighted by atomic mass is 9.83. The summed E-state index contributed by atoms with van der Waals surface area (Å²) in [7, 11) is 0. The van der Waals surface area contributed by atoms with Gasteiger partial charge in [-0.25, -0.2) is 0 Å². The fourth-order valence-corrected chi connectivity index (χ4v) is 1.61. The Morgan fingerprint density at radius 3 is 2.80 bits per heavy atom. The van der Waals surface area contributed by atoms with Crippen molar-refractivity contribution < 1.29 is 14.4 Å². The van der Waals surface area contributed by atoms with E-state index in [2.05, 4.69) is 5.16 Å². The molecule has 1 fully saturated rings. The molecule has 0 bridgehead atoms. The predicted molar refractivity (Wildman–Crippen MR) is 52.2 cm³/mol. The van der Waals surface area contributed by atoms with Crippen LogP contribution in [0.5, 0.6) is 0 Å². The summed E-state index contributed by atoms with van der Waals surface area (Å²) >= 11 is 0. The van der Waals surface area contributed by atoms with Crippen LogP contribution in [0.3, 0.4) is 0 Å². The first-order valence-electron chi connectivity index (χ1n) is 4.95. The minimum absolute atomic E-state index is 0.149. The molecule has 1 aromatic heterocycles. The molecule has 0 aliphatic carbocycles. The summed E-state index contributed by atoms with van der Waals surface area (Å²) in [6, 6.07) is 1.52. The quantitative estimate of drug-likeness (QED) is 0.772. The molecule has 2 heterocycles. The van der Waals surface area contributed by atoms with E-state index in [1.165, 1.54) is 12.3 Å². The predicted octanol–water partition coefficient (Wildman–Crippen LogP) is 0.518. The van der Waals surface area contributed by atoms with Crippen molar-refractivity contribution in [3.63, 3.8) is 0 Å². The molecule has 1 N–H and O–H groups in total. The topological polar surface area (TPSA) is 66.6 Å². The number of carbonyl (C=O) groups is 1. The van der Waals surface area contributed by atoms with Crippen molar-refractivity contribution in [2.45, 2.75) is 19.4 Å². The minimum Gasteiger partial charge on any atom is -0.386 e. The molecule has 5 heteroatoms. The lowest BCUT2D eigenvalue weighted by Crippen LogP contribution is -2.65. The van der Waals surface area contributed by atoms with E-state index in [0.717, 1.165) is 0 Å². The van der Waals surface area contributed by atoms with Gasteiger partial charge >= 0.3 is 0 Å². The summed E-state index contributed by atoms with van der Waals surface area (Å²) < 4.78 is 4.76. The molecule has 5 nitrogen and oxygen atoms in total. The molecular formula is C10H14N2O3. The molecule has 0 spiro atoms. The van der Waals surface area contributed by atoms with Crippen LogP contribution < -0.4 is 0 Å². The second kappa shape index (κ2) is 3.34. The minimum atomic E-state index is -0.740. The van der Waals surface area contributed by atoms with Crippen LogP contribution in [0.15, 0.2) is 16.8 Å². The summed E-state index contributed by atoms with van der Waals surface area (Å²) in [6.07, 6.45) is 1.43. The summed E-state index contributed by atoms with van der Waals surface area (Å²) in [4.78, 5) is 13.2. The van der Waals surface area contributed by atoms with Crippen molar-refractivity contribution in [2.75, 3.05) is 13.1 Å². The Labute approximate surface area is 87.7 Å². The number of rotatable bonds is 2. The number of aromatic nitrogens is 1. The second-order valence-electron chi connectivity index (χ2n) is 4.30. The molecule has 1 saturated heterocycles. The van der Waals surface area contributed by atoms with Crippen molar-refractivity contribution >= 4 is 5.91 Å². The Morgan fingerprint density at radius 1 is 1.67 bits per heavy atom. The highest BCUT2D eigenvalue weighted by Gasteiger charge is 2.46. The van der Waals surface area contributed by atoms with E-state index < -0.39 is 5.60 Å². The highest BCUT2D eigenvalue weighted by atomic mass is 16.5. The van der Waals surface area contributed by atoms with Gasteiger partial charge in [-0.1, -0.05) is 19.0 Å². The first-order chi connectivity index (χ1) is 7.03. The number of carbonyl (C=O) groups excluding carboxylic acids is 1. The normalized spacial score (nSPS) is 19.1. The van der Waals surface area contributed by atoms with Crippen LogP contribution in [0, 0.1) is 5.92 Å². The zero-order valence-electron chi connectivity index (χ0n) is 8.80. The highest BCUT2D eigenvalue weighted by molar-refractivity contribution is 5.92. The maximum Gasteiger partial charge on any atom is 0.292 e. The number of aliphatic hydroxyl groups is 1. The monoisotopic (exact) mass is 210 g/mol. The van der Waals surface area contributed by atoms with Crippen LogP contribution >= 0.6 is 0 Å². The fraction of sp³-hybridized carbons (Fsp3) is 0.600. The maximum atomic E-state index is 11.7. The molecule has 0 saturated carbocycles. The van der Waals surface area contributed by atoms with Crippen LogP contribution in [0.4, 0.5) is 0 Å². The van der Waals surface area contributed by atoms with Gasteiger partial charge in [0.1, 0.15) is 5.60 Å². The van der Waals surface area contributed by atoms with Crippen LogP contribution in [-0.2, 0) is 0 Å². The van der Waals surface area contributed by atoms with Gasteiger partial charge in [0.25, 0.3) is 5.91 Å². The summed E-state index contributed by atoms with van der Waals surface area (Å²) in [5.74, 6) is 0.162. The molecule has 15 heavy (non-hydrogen) atoms. The van der Waals surface area contributed by atoms with E-state index in [4.69, 9.17) is 4.52 Å². The Morgan fingerprint density at radius 2 is 2.33 bits per heavy atom. The van der Waals surface area contributed by atoms with Gasteiger partial charge in [0, 0.05) is 6.07 Å². The third kappa shape index (κ3) is 1.63. The summed E-state index contributed by atoms with van der Waals surface area (Å²) in [5.41, 5.74) is -0.740. The molecule has 0 radical (unpaired) electrons. The summed E-state index contributed by atoms with van der Waals surface area (Å²) in [6.45, 7) is 4.61. The SMILES string of the molecule is CC(C)C1(O)CN(C(=O)c2ccno2)C1. The number of β-amino-alcohol motifs (C(OH)–C–C–N with tert-alkyl or cyclic N) is 1. The molecule has 1 aliphatic rings. The van der Waals surface area contributed by atoms with E-state index in [0.29, 0.717) is 13.1 Å². The standard InChI is InChI=1S/C10H14N2O3/c1-7(2)10(14)5-12(6-10)9(13)8-3-4-11-15-8/h3-4,7,14H,5-6H2,1-2H3. The zero-order chi connectivity index (χ0) is 11.1. The highest BCUT2D eigenvalue weighted by Crippen LogP contribution is 2.29. The molecule has 1 amide bonds. The van der Waals surface area contributed by atoms with Gasteiger partial charge in [-0.2, -0.15) is 0 Å². The van der Waals surface area contributed by atoms with Crippen molar-refractivity contribution in [3.8, 4) is 0 Å². The van der Waals surface area contributed by atoms with Gasteiger partial charge in [-0.05, 0) is 5.92 Å². The van der Waals surface area contributed by atoms with Gasteiger partial charge in [-0.3, -0.25) is 4.79 Å². The third-order valence-electron chi connectivity index (χ3n) is 2.94. The van der Waals surface area contributed by atoms with Gasteiger partial charge in [0.05, 0.1) is 19.3 Å². The molecule has 1 aliphatic heterocycles. The smallest absolute Gasteiger partial charge is 0.292 e. The molecule has 0 unspecified atom stereocenters. The van der Waals surface area contributed by atoms with E-state index >= 15 is 0 Å². The first-order valence-corrected chi connectivity index (χ1v) is 4.95. The Hall–Kier alpha value is -1.36. The average molecular weight is 210 g/mol. The van der Waals surface area contributed by atoms with E-state index in [1.54, 1.807) is 4.90 Å². The molecule has 2 rings (SSSR count). The van der Waals surface area contributed by atoms with Crippen LogP contribution in [0.2, 0.25) is 0 Å². The largest absolute Gasteiger partial charge is 0.386 e. The van der Waals surface area contributed by atoms with E-state index in [9.17, 15) is 9.90 Å². The zero-order valence-corrected chi connectivity index (χ0v) is 8.80. The lowest BCUT2D eigenvalue weighted by Gasteiger charge is -2.48. The van der Waals surface area contributed by atoms with Crippen molar-refractivity contribution in [3.05, 3.63) is 18.0 Å². The molecule has 1 aromatic rings. The Balaban J connectivity index is 1.98. The number of likely N-dealkylation sites (tertiary alicyclic amines) is 1. The summed E-state index contributed by atoms with van der Waals surface area (Å²) in [5, 5.41) is 13.4. The number of hydrogen-bond donors (Lipinski definition) is 1. The van der Waals surface area contributed by atoms with Crippen LogP contribution in [0.1, 0.15) is 24.4 Å². The van der Waals surface area contributed by atoms with Gasteiger partial charge in [0.15, 0.2) is 0 Å². The van der Waals surface area contributed by atoms with Gasteiger partial charge < -0.3 is 14.5 Å². The van der Waals surface area contributed by atoms with Crippen molar-refractivity contribution in [1.82, 2.24) is 10.1 Å².